The van der Waals surface area contributed by atoms with Crippen molar-refractivity contribution in [3.63, 3.8) is 0 Å². The third-order valence-corrected chi connectivity index (χ3v) is 6.31. The molecule has 0 bridgehead atoms. The Hall–Kier alpha value is -2.57. The molecule has 0 aliphatic carbocycles. The normalized spacial score (nSPS) is 23.8. The van der Waals surface area contributed by atoms with E-state index in [9.17, 15) is 4.79 Å². The summed E-state index contributed by atoms with van der Waals surface area (Å²) in [5.74, 6) is 1.83. The molecule has 0 unspecified atom stereocenters. The highest BCUT2D eigenvalue weighted by Gasteiger charge is 2.47. The summed E-state index contributed by atoms with van der Waals surface area (Å²) in [7, 11) is 3.87. The number of methoxy groups -OCH3 is 1. The highest BCUT2D eigenvalue weighted by molar-refractivity contribution is 6.04. The monoisotopic (exact) mass is 412 g/mol. The lowest BCUT2D eigenvalue weighted by atomic mass is 9.89. The van der Waals surface area contributed by atoms with Crippen LogP contribution in [0.25, 0.3) is 10.9 Å². The maximum Gasteiger partial charge on any atom is 0.275 e. The van der Waals surface area contributed by atoms with Crippen LogP contribution in [0.5, 0.6) is 5.75 Å². The summed E-state index contributed by atoms with van der Waals surface area (Å²) in [6.07, 6.45) is 0. The number of hydrogen-bond acceptors (Lipinski definition) is 4. The summed E-state index contributed by atoms with van der Waals surface area (Å²) in [5.41, 5.74) is 2.72. The minimum absolute atomic E-state index is 0. The van der Waals surface area contributed by atoms with Crippen molar-refractivity contribution in [2.75, 3.05) is 33.8 Å². The lowest BCUT2D eigenvalue weighted by Gasteiger charge is -2.26. The molecule has 3 heterocycles. The summed E-state index contributed by atoms with van der Waals surface area (Å²) in [6, 6.07) is 16.5. The van der Waals surface area contributed by atoms with Crippen molar-refractivity contribution in [1.82, 2.24) is 20.0 Å². The number of H-pyrrole nitrogens is 1. The minimum Gasteiger partial charge on any atom is -0.497 e. The molecule has 2 aliphatic heterocycles. The van der Waals surface area contributed by atoms with Gasteiger partial charge in [-0.15, -0.1) is 12.4 Å². The van der Waals surface area contributed by atoms with Gasteiger partial charge in [-0.3, -0.25) is 14.8 Å². The van der Waals surface area contributed by atoms with Crippen molar-refractivity contribution < 1.29 is 9.53 Å². The number of nitrogens with zero attached hydrogens (tertiary/aromatic N) is 3. The Morgan fingerprint density at radius 2 is 1.86 bits per heavy atom. The van der Waals surface area contributed by atoms with Crippen LogP contribution >= 0.6 is 12.4 Å². The van der Waals surface area contributed by atoms with Crippen LogP contribution in [-0.4, -0.2) is 59.7 Å². The van der Waals surface area contributed by atoms with Crippen LogP contribution in [-0.2, 0) is 0 Å². The van der Waals surface area contributed by atoms with Crippen molar-refractivity contribution in [2.45, 2.75) is 6.04 Å². The molecule has 1 N–H and O–H groups in total. The molecule has 152 valence electrons. The number of fused-ring (bicyclic) bond motifs is 2. The fourth-order valence-electron chi connectivity index (χ4n) is 5.00. The van der Waals surface area contributed by atoms with Gasteiger partial charge in [0.2, 0.25) is 0 Å². The van der Waals surface area contributed by atoms with Crippen molar-refractivity contribution in [3.8, 4) is 5.75 Å². The molecule has 5 rings (SSSR count). The Morgan fingerprint density at radius 1 is 1.10 bits per heavy atom. The summed E-state index contributed by atoms with van der Waals surface area (Å²) < 4.78 is 5.29. The Kier molecular flexibility index (Phi) is 5.23. The molecule has 2 fully saturated rings. The number of aromatic amines is 1. The molecule has 29 heavy (non-hydrogen) atoms. The standard InChI is InChI=1S/C22H24N4O2.ClH/c1-25-11-15-12-26(22(27)20-17-5-3-4-6-19(17)23-24-20)13-18(15)21(25)14-7-9-16(28-2)10-8-14;/h3-10,15,18,21H,11-13H2,1-2H3,(H,23,24);1H/t15-,18+,21-;/m0./s1. The molecule has 0 radical (unpaired) electrons. The smallest absolute Gasteiger partial charge is 0.275 e. The minimum atomic E-state index is 0. The van der Waals surface area contributed by atoms with Gasteiger partial charge in [-0.25, -0.2) is 0 Å². The molecule has 2 saturated heterocycles. The number of carbonyl (C=O) groups excluding carboxylic acids is 1. The summed E-state index contributed by atoms with van der Waals surface area (Å²) in [4.78, 5) is 17.6. The van der Waals surface area contributed by atoms with Gasteiger partial charge in [0.1, 0.15) is 5.75 Å². The molecule has 0 saturated carbocycles. The largest absolute Gasteiger partial charge is 0.497 e. The molecule has 1 amide bonds. The summed E-state index contributed by atoms with van der Waals surface area (Å²) >= 11 is 0. The third kappa shape index (κ3) is 3.26. The Labute approximate surface area is 176 Å². The average molecular weight is 413 g/mol. The first-order valence-electron chi connectivity index (χ1n) is 9.72. The first kappa shape index (κ1) is 19.7. The van der Waals surface area contributed by atoms with E-state index < -0.39 is 0 Å². The predicted molar refractivity (Wildman–Crippen MR) is 115 cm³/mol. The van der Waals surface area contributed by atoms with Crippen molar-refractivity contribution >= 4 is 29.2 Å². The average Bonchev–Trinajstić information content (AvgIpc) is 3.40. The second kappa shape index (κ2) is 7.69. The van der Waals surface area contributed by atoms with Gasteiger partial charge in [-0.05, 0) is 36.7 Å². The van der Waals surface area contributed by atoms with E-state index in [2.05, 4.69) is 34.3 Å². The van der Waals surface area contributed by atoms with Gasteiger partial charge in [-0.2, -0.15) is 5.10 Å². The molecular formula is C22H25ClN4O2. The second-order valence-electron chi connectivity index (χ2n) is 7.91. The highest BCUT2D eigenvalue weighted by Crippen LogP contribution is 2.44. The highest BCUT2D eigenvalue weighted by atomic mass is 35.5. The molecule has 6 nitrogen and oxygen atoms in total. The predicted octanol–water partition coefficient (Wildman–Crippen LogP) is 3.37. The van der Waals surface area contributed by atoms with Gasteiger partial charge >= 0.3 is 0 Å². The van der Waals surface area contributed by atoms with Crippen LogP contribution in [0.2, 0.25) is 0 Å². The summed E-state index contributed by atoms with van der Waals surface area (Å²) in [6.45, 7) is 2.57. The molecule has 3 atom stereocenters. The number of amides is 1. The summed E-state index contributed by atoms with van der Waals surface area (Å²) in [5, 5.41) is 8.18. The van der Waals surface area contributed by atoms with Gasteiger partial charge in [-0.1, -0.05) is 30.3 Å². The van der Waals surface area contributed by atoms with E-state index in [0.29, 0.717) is 23.6 Å². The maximum absolute atomic E-state index is 13.2. The van der Waals surface area contributed by atoms with Crippen LogP contribution in [0.4, 0.5) is 0 Å². The van der Waals surface area contributed by atoms with E-state index in [0.717, 1.165) is 36.3 Å². The quantitative estimate of drug-likeness (QED) is 0.716. The number of nitrogens with one attached hydrogen (secondary N) is 1. The van der Waals surface area contributed by atoms with E-state index in [1.165, 1.54) is 5.56 Å². The van der Waals surface area contributed by atoms with Crippen LogP contribution in [0.3, 0.4) is 0 Å². The van der Waals surface area contributed by atoms with Crippen LogP contribution in [0, 0.1) is 11.8 Å². The van der Waals surface area contributed by atoms with Crippen molar-refractivity contribution in [2.24, 2.45) is 11.8 Å². The van der Waals surface area contributed by atoms with Gasteiger partial charge < -0.3 is 9.64 Å². The molecule has 0 spiro atoms. The second-order valence-corrected chi connectivity index (χ2v) is 7.91. The number of hydrogen-bond donors (Lipinski definition) is 1. The van der Waals surface area contributed by atoms with Gasteiger partial charge in [0, 0.05) is 37.0 Å². The Balaban J connectivity index is 0.00000205. The van der Waals surface area contributed by atoms with E-state index in [4.69, 9.17) is 4.74 Å². The number of benzene rings is 2. The lowest BCUT2D eigenvalue weighted by Crippen LogP contribution is -2.33. The Bertz CT molecular complexity index is 1020. The lowest BCUT2D eigenvalue weighted by molar-refractivity contribution is 0.0764. The van der Waals surface area contributed by atoms with E-state index in [-0.39, 0.29) is 18.3 Å². The van der Waals surface area contributed by atoms with E-state index >= 15 is 0 Å². The number of rotatable bonds is 3. The topological polar surface area (TPSA) is 61.5 Å². The van der Waals surface area contributed by atoms with Gasteiger partial charge in [0.05, 0.1) is 12.6 Å². The molecule has 1 aromatic heterocycles. The number of ether oxygens (including phenoxy) is 1. The number of carbonyl (C=O) groups is 1. The zero-order valence-corrected chi connectivity index (χ0v) is 17.4. The zero-order chi connectivity index (χ0) is 19.3. The molecular weight excluding hydrogens is 388 g/mol. The SMILES string of the molecule is COc1ccc([C@H]2[C@@H]3CN(C(=O)c4n[nH]c5ccccc45)C[C@@H]3CN2C)cc1.Cl. The van der Waals surface area contributed by atoms with Gasteiger partial charge in [0.15, 0.2) is 5.69 Å². The van der Waals surface area contributed by atoms with Crippen molar-refractivity contribution in [3.05, 3.63) is 59.8 Å². The zero-order valence-electron chi connectivity index (χ0n) is 16.5. The van der Waals surface area contributed by atoms with Crippen molar-refractivity contribution in [1.29, 1.82) is 0 Å². The first-order valence-corrected chi connectivity index (χ1v) is 9.72. The molecule has 2 aromatic carbocycles. The fraction of sp³-hybridized carbons (Fsp3) is 0.364. The number of aromatic nitrogens is 2. The maximum atomic E-state index is 13.2. The first-order chi connectivity index (χ1) is 13.7. The number of likely N-dealkylation sites (tertiary alicyclic amines) is 2. The number of para-hydroxylation sites is 1. The third-order valence-electron chi connectivity index (χ3n) is 6.31. The Morgan fingerprint density at radius 3 is 2.62 bits per heavy atom. The fourth-order valence-corrected chi connectivity index (χ4v) is 5.00. The van der Waals surface area contributed by atoms with E-state index in [1.807, 2.05) is 41.3 Å². The number of halogens is 1. The van der Waals surface area contributed by atoms with E-state index in [1.54, 1.807) is 7.11 Å². The molecule has 3 aromatic rings. The van der Waals surface area contributed by atoms with Crippen LogP contribution in [0.15, 0.2) is 48.5 Å². The van der Waals surface area contributed by atoms with Gasteiger partial charge in [0.25, 0.3) is 5.91 Å². The van der Waals surface area contributed by atoms with Crippen LogP contribution in [0.1, 0.15) is 22.1 Å². The molecule has 7 heteroatoms. The van der Waals surface area contributed by atoms with Crippen LogP contribution < -0.4 is 4.74 Å². The molecule has 2 aliphatic rings.